The van der Waals surface area contributed by atoms with E-state index in [-0.39, 0.29) is 18.4 Å². The summed E-state index contributed by atoms with van der Waals surface area (Å²) in [6.07, 6.45) is 5.17. The molecule has 0 aromatic heterocycles. The van der Waals surface area contributed by atoms with Crippen LogP contribution < -0.4 is 10.6 Å². The SMILES string of the molecule is O=C(CN(Cc1ccc(F)cc1)C1CCCCC1)NCC(=O)Nc1ccc(F)c(F)c1F. The van der Waals surface area contributed by atoms with Crippen LogP contribution in [0.1, 0.15) is 37.7 Å². The summed E-state index contributed by atoms with van der Waals surface area (Å²) in [5.74, 6) is -6.07. The van der Waals surface area contributed by atoms with E-state index >= 15 is 0 Å². The Bertz CT molecular complexity index is 947. The molecule has 32 heavy (non-hydrogen) atoms. The second-order valence-corrected chi connectivity index (χ2v) is 7.87. The Kier molecular flexibility index (Phi) is 8.21. The molecule has 2 N–H and O–H groups in total. The zero-order valence-electron chi connectivity index (χ0n) is 17.5. The third kappa shape index (κ3) is 6.53. The summed E-state index contributed by atoms with van der Waals surface area (Å²) in [7, 11) is 0. The Morgan fingerprint density at radius 1 is 0.875 bits per heavy atom. The molecule has 0 unspecified atom stereocenters. The fourth-order valence-electron chi connectivity index (χ4n) is 3.82. The average molecular weight is 451 g/mol. The normalized spacial score (nSPS) is 14.4. The number of hydrogen-bond acceptors (Lipinski definition) is 3. The fourth-order valence-corrected chi connectivity index (χ4v) is 3.82. The van der Waals surface area contributed by atoms with Crippen molar-refractivity contribution in [3.8, 4) is 0 Å². The van der Waals surface area contributed by atoms with E-state index in [2.05, 4.69) is 10.6 Å². The monoisotopic (exact) mass is 451 g/mol. The third-order valence-electron chi connectivity index (χ3n) is 5.49. The van der Waals surface area contributed by atoms with Gasteiger partial charge in [-0.2, -0.15) is 0 Å². The molecule has 0 saturated heterocycles. The van der Waals surface area contributed by atoms with Gasteiger partial charge in [-0.25, -0.2) is 17.6 Å². The second kappa shape index (κ2) is 11.1. The minimum Gasteiger partial charge on any atom is -0.346 e. The molecule has 0 aliphatic heterocycles. The third-order valence-corrected chi connectivity index (χ3v) is 5.49. The molecule has 0 atom stereocenters. The summed E-state index contributed by atoms with van der Waals surface area (Å²) in [5.41, 5.74) is 0.361. The molecule has 0 radical (unpaired) electrons. The number of hydrogen-bond donors (Lipinski definition) is 2. The summed E-state index contributed by atoms with van der Waals surface area (Å²) >= 11 is 0. The molecular formula is C23H25F4N3O2. The van der Waals surface area contributed by atoms with Crippen LogP contribution in [0.15, 0.2) is 36.4 Å². The van der Waals surface area contributed by atoms with Crippen molar-refractivity contribution in [2.45, 2.75) is 44.7 Å². The van der Waals surface area contributed by atoms with Crippen LogP contribution in [0.2, 0.25) is 0 Å². The van der Waals surface area contributed by atoms with Crippen LogP contribution in [0.5, 0.6) is 0 Å². The Morgan fingerprint density at radius 3 is 2.25 bits per heavy atom. The molecular weight excluding hydrogens is 426 g/mol. The van der Waals surface area contributed by atoms with Crippen LogP contribution in [-0.2, 0) is 16.1 Å². The van der Waals surface area contributed by atoms with Crippen LogP contribution in [-0.4, -0.2) is 35.8 Å². The van der Waals surface area contributed by atoms with Gasteiger partial charge in [0.2, 0.25) is 11.8 Å². The van der Waals surface area contributed by atoms with Crippen molar-refractivity contribution >= 4 is 17.5 Å². The quantitative estimate of drug-likeness (QED) is 0.469. The Balaban J connectivity index is 1.56. The highest BCUT2D eigenvalue weighted by Crippen LogP contribution is 2.24. The second-order valence-electron chi connectivity index (χ2n) is 7.87. The molecule has 2 amide bonds. The molecule has 1 aliphatic carbocycles. The first-order chi connectivity index (χ1) is 15.3. The number of carbonyl (C=O) groups is 2. The van der Waals surface area contributed by atoms with Gasteiger partial charge < -0.3 is 10.6 Å². The molecule has 5 nitrogen and oxygen atoms in total. The molecule has 0 bridgehead atoms. The standard InChI is InChI=1S/C23H25F4N3O2/c24-16-8-6-15(7-9-16)13-30(17-4-2-1-3-5-17)14-21(32)28-12-20(31)29-19-11-10-18(25)22(26)23(19)27/h6-11,17H,1-5,12-14H2,(H,28,32)(H,29,31). The summed E-state index contributed by atoms with van der Waals surface area (Å²) < 4.78 is 53.2. The highest BCUT2D eigenvalue weighted by atomic mass is 19.2. The number of carbonyl (C=O) groups excluding carboxylic acids is 2. The number of benzene rings is 2. The first-order valence-corrected chi connectivity index (χ1v) is 10.5. The van der Waals surface area contributed by atoms with Gasteiger partial charge in [-0.3, -0.25) is 14.5 Å². The molecule has 172 valence electrons. The predicted octanol–water partition coefficient (Wildman–Crippen LogP) is 4.13. The lowest BCUT2D eigenvalue weighted by Gasteiger charge is -2.34. The Morgan fingerprint density at radius 2 is 1.56 bits per heavy atom. The molecule has 1 fully saturated rings. The number of halogens is 4. The number of nitrogens with one attached hydrogen (secondary N) is 2. The highest BCUT2D eigenvalue weighted by Gasteiger charge is 2.24. The van der Waals surface area contributed by atoms with Crippen molar-refractivity contribution in [2.75, 3.05) is 18.4 Å². The molecule has 0 spiro atoms. The summed E-state index contributed by atoms with van der Waals surface area (Å²) in [6, 6.07) is 7.89. The molecule has 2 aromatic rings. The maximum absolute atomic E-state index is 13.7. The zero-order chi connectivity index (χ0) is 23.1. The topological polar surface area (TPSA) is 61.4 Å². The number of rotatable bonds is 8. The fraction of sp³-hybridized carbons (Fsp3) is 0.391. The largest absolute Gasteiger partial charge is 0.346 e. The van der Waals surface area contributed by atoms with Gasteiger partial charge in [-0.05, 0) is 42.7 Å². The smallest absolute Gasteiger partial charge is 0.243 e. The van der Waals surface area contributed by atoms with E-state index < -0.39 is 41.5 Å². The van der Waals surface area contributed by atoms with Gasteiger partial charge >= 0.3 is 0 Å². The van der Waals surface area contributed by atoms with Gasteiger partial charge in [-0.1, -0.05) is 31.4 Å². The minimum absolute atomic E-state index is 0.0366. The van der Waals surface area contributed by atoms with Gasteiger partial charge in [0, 0.05) is 12.6 Å². The average Bonchev–Trinajstić information content (AvgIpc) is 2.79. The van der Waals surface area contributed by atoms with Crippen molar-refractivity contribution in [2.24, 2.45) is 0 Å². The lowest BCUT2D eigenvalue weighted by atomic mass is 9.93. The summed E-state index contributed by atoms with van der Waals surface area (Å²) in [6.45, 7) is 0.0474. The van der Waals surface area contributed by atoms with Gasteiger partial charge in [0.1, 0.15) is 5.82 Å². The Labute approximate surface area is 183 Å². The van der Waals surface area contributed by atoms with Crippen LogP contribution in [0.25, 0.3) is 0 Å². The highest BCUT2D eigenvalue weighted by molar-refractivity contribution is 5.94. The lowest BCUT2D eigenvalue weighted by Crippen LogP contribution is -2.44. The number of anilines is 1. The van der Waals surface area contributed by atoms with E-state index in [1.54, 1.807) is 12.1 Å². The van der Waals surface area contributed by atoms with E-state index in [9.17, 15) is 27.2 Å². The molecule has 2 aromatic carbocycles. The van der Waals surface area contributed by atoms with Crippen LogP contribution in [0, 0.1) is 23.3 Å². The Hall–Kier alpha value is -2.94. The molecule has 9 heteroatoms. The molecule has 3 rings (SSSR count). The molecule has 0 heterocycles. The van der Waals surface area contributed by atoms with Crippen molar-refractivity contribution in [1.29, 1.82) is 0 Å². The molecule has 1 aliphatic rings. The number of amides is 2. The van der Waals surface area contributed by atoms with Gasteiger partial charge in [0.15, 0.2) is 17.5 Å². The zero-order valence-corrected chi connectivity index (χ0v) is 17.5. The van der Waals surface area contributed by atoms with E-state index in [1.807, 2.05) is 4.90 Å². The van der Waals surface area contributed by atoms with E-state index in [4.69, 9.17) is 0 Å². The van der Waals surface area contributed by atoms with E-state index in [0.29, 0.717) is 12.6 Å². The van der Waals surface area contributed by atoms with E-state index in [1.165, 1.54) is 12.1 Å². The van der Waals surface area contributed by atoms with Gasteiger partial charge in [-0.15, -0.1) is 0 Å². The van der Waals surface area contributed by atoms with E-state index in [0.717, 1.165) is 43.7 Å². The molecule has 1 saturated carbocycles. The maximum atomic E-state index is 13.7. The van der Waals surface area contributed by atoms with Crippen molar-refractivity contribution < 1.29 is 27.2 Å². The van der Waals surface area contributed by atoms with Crippen LogP contribution in [0.4, 0.5) is 23.2 Å². The van der Waals surface area contributed by atoms with Crippen LogP contribution >= 0.6 is 0 Å². The maximum Gasteiger partial charge on any atom is 0.243 e. The minimum atomic E-state index is -1.68. The first-order valence-electron chi connectivity index (χ1n) is 10.5. The van der Waals surface area contributed by atoms with Gasteiger partial charge in [0.25, 0.3) is 0 Å². The number of nitrogens with zero attached hydrogens (tertiary/aromatic N) is 1. The first kappa shape index (κ1) is 23.7. The predicted molar refractivity (Wildman–Crippen MR) is 112 cm³/mol. The lowest BCUT2D eigenvalue weighted by molar-refractivity contribution is -0.125. The van der Waals surface area contributed by atoms with Crippen molar-refractivity contribution in [1.82, 2.24) is 10.2 Å². The van der Waals surface area contributed by atoms with Gasteiger partial charge in [0.05, 0.1) is 18.8 Å². The van der Waals surface area contributed by atoms with Crippen molar-refractivity contribution in [3.63, 3.8) is 0 Å². The summed E-state index contributed by atoms with van der Waals surface area (Å²) in [5, 5.41) is 4.58. The summed E-state index contributed by atoms with van der Waals surface area (Å²) in [4.78, 5) is 26.5. The van der Waals surface area contributed by atoms with Crippen molar-refractivity contribution in [3.05, 3.63) is 65.2 Å². The van der Waals surface area contributed by atoms with Crippen LogP contribution in [0.3, 0.4) is 0 Å².